The second kappa shape index (κ2) is 4.83. The van der Waals surface area contributed by atoms with Crippen molar-refractivity contribution in [3.05, 3.63) is 29.6 Å². The molecule has 0 spiro atoms. The molecule has 3 nitrogen and oxygen atoms in total. The van der Waals surface area contributed by atoms with E-state index in [0.717, 1.165) is 18.4 Å². The minimum Gasteiger partial charge on any atom is -0.371 e. The van der Waals surface area contributed by atoms with Gasteiger partial charge in [0.15, 0.2) is 0 Å². The summed E-state index contributed by atoms with van der Waals surface area (Å²) in [5.41, 5.74) is 6.26. The van der Waals surface area contributed by atoms with Crippen LogP contribution in [-0.2, 0) is 4.79 Å². The molecule has 1 aromatic carbocycles. The van der Waals surface area contributed by atoms with Crippen LogP contribution in [0.2, 0.25) is 0 Å². The fourth-order valence-electron chi connectivity index (χ4n) is 2.76. The third-order valence-corrected chi connectivity index (χ3v) is 4.06. The Morgan fingerprint density at radius 2 is 2.05 bits per heavy atom. The highest BCUT2D eigenvalue weighted by molar-refractivity contribution is 5.89. The Morgan fingerprint density at radius 1 is 1.42 bits per heavy atom. The molecule has 1 fully saturated rings. The molecule has 4 heteroatoms. The van der Waals surface area contributed by atoms with Crippen molar-refractivity contribution in [1.29, 1.82) is 0 Å². The van der Waals surface area contributed by atoms with Gasteiger partial charge in [-0.05, 0) is 55.4 Å². The van der Waals surface area contributed by atoms with Gasteiger partial charge in [-0.15, -0.1) is 0 Å². The number of rotatable bonds is 4. The van der Waals surface area contributed by atoms with E-state index in [9.17, 15) is 9.18 Å². The summed E-state index contributed by atoms with van der Waals surface area (Å²) in [5, 5.41) is 3.14. The number of halogens is 1. The molecule has 1 amide bonds. The standard InChI is InChI=1S/C15H21FN2O/c1-9(2)11-7-15(8-11,14(17)19)18-13-5-10(3)4-12(16)6-13/h4-6,9,11,18H,7-8H2,1-3H3,(H2,17,19). The lowest BCUT2D eigenvalue weighted by molar-refractivity contribution is -0.127. The number of amides is 1. The summed E-state index contributed by atoms with van der Waals surface area (Å²) in [6.45, 7) is 6.10. The van der Waals surface area contributed by atoms with E-state index in [0.29, 0.717) is 17.5 Å². The van der Waals surface area contributed by atoms with E-state index in [1.165, 1.54) is 12.1 Å². The molecular weight excluding hydrogens is 243 g/mol. The highest BCUT2D eigenvalue weighted by Crippen LogP contribution is 2.44. The Bertz CT molecular complexity index is 473. The molecule has 0 atom stereocenters. The molecule has 19 heavy (non-hydrogen) atoms. The SMILES string of the molecule is Cc1cc(F)cc(NC2(C(N)=O)CC(C(C)C)C2)c1. The molecule has 0 heterocycles. The largest absolute Gasteiger partial charge is 0.371 e. The molecule has 0 aliphatic heterocycles. The third-order valence-electron chi connectivity index (χ3n) is 4.06. The number of nitrogens with two attached hydrogens (primary N) is 1. The van der Waals surface area contributed by atoms with Crippen molar-refractivity contribution < 1.29 is 9.18 Å². The Hall–Kier alpha value is -1.58. The monoisotopic (exact) mass is 264 g/mol. The molecule has 0 bridgehead atoms. The lowest BCUT2D eigenvalue weighted by atomic mass is 9.63. The van der Waals surface area contributed by atoms with Crippen molar-refractivity contribution in [2.24, 2.45) is 17.6 Å². The summed E-state index contributed by atoms with van der Waals surface area (Å²) in [4.78, 5) is 11.7. The molecule has 1 aliphatic rings. The first kappa shape index (κ1) is 13.8. The van der Waals surface area contributed by atoms with Gasteiger partial charge < -0.3 is 11.1 Å². The summed E-state index contributed by atoms with van der Waals surface area (Å²) < 4.78 is 13.4. The van der Waals surface area contributed by atoms with E-state index in [4.69, 9.17) is 5.73 Å². The molecule has 0 unspecified atom stereocenters. The maximum atomic E-state index is 13.4. The van der Waals surface area contributed by atoms with E-state index < -0.39 is 5.54 Å². The fourth-order valence-corrected chi connectivity index (χ4v) is 2.76. The highest BCUT2D eigenvalue weighted by atomic mass is 19.1. The second-order valence-corrected chi connectivity index (χ2v) is 6.00. The van der Waals surface area contributed by atoms with Crippen molar-refractivity contribution in [1.82, 2.24) is 0 Å². The van der Waals surface area contributed by atoms with Gasteiger partial charge in [-0.2, -0.15) is 0 Å². The van der Waals surface area contributed by atoms with Crippen molar-refractivity contribution in [3.63, 3.8) is 0 Å². The molecule has 2 rings (SSSR count). The number of primary amides is 1. The lowest BCUT2D eigenvalue weighted by Crippen LogP contribution is -2.60. The zero-order chi connectivity index (χ0) is 14.2. The molecule has 3 N–H and O–H groups in total. The summed E-state index contributed by atoms with van der Waals surface area (Å²) in [7, 11) is 0. The number of carbonyl (C=O) groups is 1. The van der Waals surface area contributed by atoms with Crippen LogP contribution in [-0.4, -0.2) is 11.4 Å². The number of hydrogen-bond donors (Lipinski definition) is 2. The Balaban J connectivity index is 2.17. The minimum absolute atomic E-state index is 0.304. The van der Waals surface area contributed by atoms with Crippen LogP contribution in [0.1, 0.15) is 32.3 Å². The van der Waals surface area contributed by atoms with Gasteiger partial charge in [0.25, 0.3) is 0 Å². The number of aryl methyl sites for hydroxylation is 1. The number of benzene rings is 1. The van der Waals surface area contributed by atoms with Gasteiger partial charge in [0.05, 0.1) is 0 Å². The van der Waals surface area contributed by atoms with Crippen molar-refractivity contribution in [2.45, 2.75) is 39.2 Å². The number of anilines is 1. The molecule has 1 saturated carbocycles. The maximum absolute atomic E-state index is 13.4. The molecule has 0 radical (unpaired) electrons. The van der Waals surface area contributed by atoms with Gasteiger partial charge in [0.1, 0.15) is 11.4 Å². The van der Waals surface area contributed by atoms with Crippen molar-refractivity contribution in [3.8, 4) is 0 Å². The van der Waals surface area contributed by atoms with Crippen LogP contribution in [0.4, 0.5) is 10.1 Å². The predicted molar refractivity (Wildman–Crippen MR) is 74.2 cm³/mol. The topological polar surface area (TPSA) is 55.1 Å². The van der Waals surface area contributed by atoms with E-state index in [2.05, 4.69) is 19.2 Å². The van der Waals surface area contributed by atoms with Gasteiger partial charge in [0, 0.05) is 5.69 Å². The molecule has 1 aromatic rings. The molecule has 1 aliphatic carbocycles. The van der Waals surface area contributed by atoms with Crippen LogP contribution in [0.25, 0.3) is 0 Å². The van der Waals surface area contributed by atoms with Gasteiger partial charge >= 0.3 is 0 Å². The normalized spacial score (nSPS) is 26.1. The van der Waals surface area contributed by atoms with Gasteiger partial charge in [-0.25, -0.2) is 4.39 Å². The maximum Gasteiger partial charge on any atom is 0.243 e. The smallest absolute Gasteiger partial charge is 0.243 e. The van der Waals surface area contributed by atoms with Crippen molar-refractivity contribution in [2.75, 3.05) is 5.32 Å². The van der Waals surface area contributed by atoms with Crippen LogP contribution >= 0.6 is 0 Å². The highest BCUT2D eigenvalue weighted by Gasteiger charge is 2.49. The van der Waals surface area contributed by atoms with Gasteiger partial charge in [-0.1, -0.05) is 13.8 Å². The first-order chi connectivity index (χ1) is 8.82. The molecule has 104 valence electrons. The zero-order valence-electron chi connectivity index (χ0n) is 11.7. The lowest BCUT2D eigenvalue weighted by Gasteiger charge is -2.48. The van der Waals surface area contributed by atoms with E-state index in [1.807, 2.05) is 13.0 Å². The van der Waals surface area contributed by atoms with E-state index in [-0.39, 0.29) is 11.7 Å². The second-order valence-electron chi connectivity index (χ2n) is 6.00. The average Bonchev–Trinajstić information content (AvgIpc) is 2.20. The summed E-state index contributed by atoms with van der Waals surface area (Å²) >= 11 is 0. The third kappa shape index (κ3) is 2.72. The van der Waals surface area contributed by atoms with Crippen LogP contribution in [0, 0.1) is 24.6 Å². The van der Waals surface area contributed by atoms with Gasteiger partial charge in [0.2, 0.25) is 5.91 Å². The average molecular weight is 264 g/mol. The zero-order valence-corrected chi connectivity index (χ0v) is 11.7. The Morgan fingerprint density at radius 3 is 2.53 bits per heavy atom. The summed E-state index contributed by atoms with van der Waals surface area (Å²) in [5.74, 6) is 0.367. The first-order valence-corrected chi connectivity index (χ1v) is 6.68. The van der Waals surface area contributed by atoms with E-state index >= 15 is 0 Å². The summed E-state index contributed by atoms with van der Waals surface area (Å²) in [6, 6.07) is 4.69. The first-order valence-electron chi connectivity index (χ1n) is 6.68. The number of carbonyl (C=O) groups excluding carboxylic acids is 1. The number of nitrogens with one attached hydrogen (secondary N) is 1. The molecule has 0 saturated heterocycles. The van der Waals surface area contributed by atoms with Gasteiger partial charge in [-0.3, -0.25) is 4.79 Å². The van der Waals surface area contributed by atoms with Crippen LogP contribution in [0.3, 0.4) is 0 Å². The molecular formula is C15H21FN2O. The van der Waals surface area contributed by atoms with Crippen LogP contribution in [0.15, 0.2) is 18.2 Å². The Labute approximate surface area is 113 Å². The summed E-state index contributed by atoms with van der Waals surface area (Å²) in [6.07, 6.45) is 1.44. The Kier molecular flexibility index (Phi) is 3.52. The van der Waals surface area contributed by atoms with Crippen LogP contribution in [0.5, 0.6) is 0 Å². The van der Waals surface area contributed by atoms with Crippen molar-refractivity contribution >= 4 is 11.6 Å². The predicted octanol–water partition coefficient (Wildman–Crippen LogP) is 2.84. The fraction of sp³-hybridized carbons (Fsp3) is 0.533. The van der Waals surface area contributed by atoms with E-state index in [1.54, 1.807) is 0 Å². The molecule has 0 aromatic heterocycles. The minimum atomic E-state index is -0.713. The van der Waals surface area contributed by atoms with Crippen LogP contribution < -0.4 is 11.1 Å². The number of hydrogen-bond acceptors (Lipinski definition) is 2. The quantitative estimate of drug-likeness (QED) is 0.878.